The van der Waals surface area contributed by atoms with Crippen LogP contribution >= 0.6 is 0 Å². The smallest absolute Gasteiger partial charge is 0.168 e. The molecule has 1 aromatic heterocycles. The molecule has 0 saturated carbocycles. The van der Waals surface area contributed by atoms with E-state index in [1.165, 1.54) is 0 Å². The maximum atomic E-state index is 13.7. The Balaban J connectivity index is 2.28. The van der Waals surface area contributed by atoms with Crippen LogP contribution in [0.1, 0.15) is 25.7 Å². The Kier molecular flexibility index (Phi) is 3.89. The molecule has 2 rings (SSSR count). The molecule has 0 aliphatic carbocycles. The maximum absolute atomic E-state index is 13.7. The first-order chi connectivity index (χ1) is 8.22. The molecular weight excluding hydrogens is 224 g/mol. The summed E-state index contributed by atoms with van der Waals surface area (Å²) in [6.45, 7) is 1.20. The van der Waals surface area contributed by atoms with Crippen LogP contribution < -0.4 is 10.6 Å². The molecule has 2 heterocycles. The summed E-state index contributed by atoms with van der Waals surface area (Å²) in [6, 6.07) is 0.978. The summed E-state index contributed by atoms with van der Waals surface area (Å²) in [5.41, 5.74) is 5.71. The van der Waals surface area contributed by atoms with Crippen molar-refractivity contribution in [2.45, 2.75) is 31.7 Å². The number of nitrogens with two attached hydrogens (primary N) is 1. The lowest BCUT2D eigenvalue weighted by atomic mass is 10.1. The van der Waals surface area contributed by atoms with Gasteiger partial charge in [0.25, 0.3) is 0 Å². The van der Waals surface area contributed by atoms with Crippen LogP contribution in [0.25, 0.3) is 0 Å². The van der Waals surface area contributed by atoms with Crippen molar-refractivity contribution in [3.8, 4) is 0 Å². The monoisotopic (exact) mass is 241 g/mol. The third kappa shape index (κ3) is 2.72. The molecule has 94 valence electrons. The first kappa shape index (κ1) is 12.2. The molecular formula is C12H17F2N3. The van der Waals surface area contributed by atoms with Crippen LogP contribution in [0.3, 0.4) is 0 Å². The van der Waals surface area contributed by atoms with Gasteiger partial charge in [-0.2, -0.15) is 0 Å². The van der Waals surface area contributed by atoms with E-state index in [2.05, 4.69) is 4.98 Å². The summed E-state index contributed by atoms with van der Waals surface area (Å²) in [5, 5.41) is 0. The Morgan fingerprint density at radius 3 is 2.88 bits per heavy atom. The highest BCUT2D eigenvalue weighted by Gasteiger charge is 2.23. The van der Waals surface area contributed by atoms with E-state index >= 15 is 0 Å². The largest absolute Gasteiger partial charge is 0.350 e. The second-order valence-corrected chi connectivity index (χ2v) is 4.39. The summed E-state index contributed by atoms with van der Waals surface area (Å²) < 4.78 is 26.5. The number of pyridine rings is 1. The molecule has 1 aliphatic rings. The van der Waals surface area contributed by atoms with E-state index in [4.69, 9.17) is 5.73 Å². The molecule has 1 saturated heterocycles. The van der Waals surface area contributed by atoms with E-state index in [0.717, 1.165) is 44.5 Å². The van der Waals surface area contributed by atoms with E-state index < -0.39 is 11.6 Å². The van der Waals surface area contributed by atoms with Crippen molar-refractivity contribution in [1.29, 1.82) is 0 Å². The van der Waals surface area contributed by atoms with Gasteiger partial charge in [-0.3, -0.25) is 0 Å². The topological polar surface area (TPSA) is 42.1 Å². The maximum Gasteiger partial charge on any atom is 0.168 e. The molecule has 1 fully saturated rings. The molecule has 3 nitrogen and oxygen atoms in total. The number of aromatic nitrogens is 1. The van der Waals surface area contributed by atoms with Crippen molar-refractivity contribution in [3.63, 3.8) is 0 Å². The van der Waals surface area contributed by atoms with Crippen molar-refractivity contribution < 1.29 is 8.78 Å². The van der Waals surface area contributed by atoms with Gasteiger partial charge >= 0.3 is 0 Å². The Labute approximate surface area is 99.6 Å². The lowest BCUT2D eigenvalue weighted by molar-refractivity contribution is 0.537. The second kappa shape index (κ2) is 5.40. The molecule has 2 N–H and O–H groups in total. The lowest BCUT2D eigenvalue weighted by Gasteiger charge is -2.30. The second-order valence-electron chi connectivity index (χ2n) is 4.39. The molecule has 0 amide bonds. The van der Waals surface area contributed by atoms with Crippen molar-refractivity contribution in [2.75, 3.05) is 18.0 Å². The van der Waals surface area contributed by atoms with Crippen LogP contribution in [0.5, 0.6) is 0 Å². The van der Waals surface area contributed by atoms with Gasteiger partial charge in [0.15, 0.2) is 11.6 Å². The van der Waals surface area contributed by atoms with Gasteiger partial charge in [0.2, 0.25) is 0 Å². The van der Waals surface area contributed by atoms with Crippen LogP contribution in [0, 0.1) is 11.6 Å². The predicted octanol–water partition coefficient (Wildman–Crippen LogP) is 2.07. The molecule has 17 heavy (non-hydrogen) atoms. The van der Waals surface area contributed by atoms with Gasteiger partial charge in [-0.15, -0.1) is 0 Å². The normalized spacial score (nSPS) is 21.4. The van der Waals surface area contributed by atoms with E-state index in [9.17, 15) is 8.78 Å². The van der Waals surface area contributed by atoms with Gasteiger partial charge in [-0.1, -0.05) is 12.8 Å². The van der Waals surface area contributed by atoms with Crippen molar-refractivity contribution in [2.24, 2.45) is 5.73 Å². The third-order valence-electron chi connectivity index (χ3n) is 3.21. The van der Waals surface area contributed by atoms with Crippen molar-refractivity contribution >= 4 is 5.82 Å². The van der Waals surface area contributed by atoms with Gasteiger partial charge < -0.3 is 10.6 Å². The minimum absolute atomic E-state index is 0.102. The van der Waals surface area contributed by atoms with Crippen LogP contribution in [0.2, 0.25) is 0 Å². The minimum atomic E-state index is -0.648. The summed E-state index contributed by atoms with van der Waals surface area (Å²) in [5.74, 6) is -1.03. The number of hydrogen-bond donors (Lipinski definition) is 1. The van der Waals surface area contributed by atoms with Gasteiger partial charge in [0.05, 0.1) is 6.20 Å². The fourth-order valence-corrected chi connectivity index (χ4v) is 2.32. The zero-order chi connectivity index (χ0) is 12.3. The number of nitrogens with zero attached hydrogens (tertiary/aromatic N) is 2. The number of anilines is 1. The standard InChI is InChI=1S/C12H17F2N3/c13-9-6-11(14)12(16-8-9)17-5-3-1-2-4-10(17)7-15/h6,8,10H,1-5,7,15H2. The highest BCUT2D eigenvalue weighted by molar-refractivity contribution is 5.41. The van der Waals surface area contributed by atoms with E-state index in [1.807, 2.05) is 4.90 Å². The molecule has 1 aromatic rings. The molecule has 0 radical (unpaired) electrons. The van der Waals surface area contributed by atoms with Crippen molar-refractivity contribution in [3.05, 3.63) is 23.9 Å². The summed E-state index contributed by atoms with van der Waals surface area (Å²) in [7, 11) is 0. The Morgan fingerprint density at radius 2 is 2.18 bits per heavy atom. The van der Waals surface area contributed by atoms with Gasteiger partial charge in [0.1, 0.15) is 5.82 Å². The zero-order valence-electron chi connectivity index (χ0n) is 9.70. The van der Waals surface area contributed by atoms with E-state index in [1.54, 1.807) is 0 Å². The fraction of sp³-hybridized carbons (Fsp3) is 0.583. The average molecular weight is 241 g/mol. The SMILES string of the molecule is NCC1CCCCCN1c1ncc(F)cc1F. The Morgan fingerprint density at radius 1 is 1.35 bits per heavy atom. The molecule has 1 unspecified atom stereocenters. The minimum Gasteiger partial charge on any atom is -0.350 e. The summed E-state index contributed by atoms with van der Waals surface area (Å²) in [6.07, 6.45) is 5.21. The number of rotatable bonds is 2. The van der Waals surface area contributed by atoms with Crippen LogP contribution in [0.4, 0.5) is 14.6 Å². The average Bonchev–Trinajstić information content (AvgIpc) is 2.54. The molecule has 1 atom stereocenters. The van der Waals surface area contributed by atoms with Crippen LogP contribution in [0.15, 0.2) is 12.3 Å². The van der Waals surface area contributed by atoms with Gasteiger partial charge in [-0.05, 0) is 12.8 Å². The molecule has 0 spiro atoms. The lowest BCUT2D eigenvalue weighted by Crippen LogP contribution is -2.41. The highest BCUT2D eigenvalue weighted by Crippen LogP contribution is 2.24. The molecule has 0 aromatic carbocycles. The van der Waals surface area contributed by atoms with Crippen LogP contribution in [-0.2, 0) is 0 Å². The Hall–Kier alpha value is -1.23. The Bertz CT molecular complexity index is 384. The quantitative estimate of drug-likeness (QED) is 0.861. The number of hydrogen-bond acceptors (Lipinski definition) is 3. The third-order valence-corrected chi connectivity index (χ3v) is 3.21. The molecule has 5 heteroatoms. The summed E-state index contributed by atoms with van der Waals surface area (Å²) >= 11 is 0. The van der Waals surface area contributed by atoms with E-state index in [-0.39, 0.29) is 11.9 Å². The zero-order valence-corrected chi connectivity index (χ0v) is 9.70. The van der Waals surface area contributed by atoms with E-state index in [0.29, 0.717) is 6.54 Å². The molecule has 1 aliphatic heterocycles. The van der Waals surface area contributed by atoms with Crippen LogP contribution in [-0.4, -0.2) is 24.1 Å². The first-order valence-electron chi connectivity index (χ1n) is 6.00. The first-order valence-corrected chi connectivity index (χ1v) is 6.00. The molecule has 0 bridgehead atoms. The van der Waals surface area contributed by atoms with Gasteiger partial charge in [-0.25, -0.2) is 13.8 Å². The number of halogens is 2. The van der Waals surface area contributed by atoms with Crippen molar-refractivity contribution in [1.82, 2.24) is 4.98 Å². The predicted molar refractivity (Wildman–Crippen MR) is 62.8 cm³/mol. The van der Waals surface area contributed by atoms with Gasteiger partial charge in [0, 0.05) is 25.2 Å². The highest BCUT2D eigenvalue weighted by atomic mass is 19.1. The summed E-state index contributed by atoms with van der Waals surface area (Å²) in [4.78, 5) is 5.74. The fourth-order valence-electron chi connectivity index (χ4n) is 2.32.